The van der Waals surface area contributed by atoms with Gasteiger partial charge in [-0.1, -0.05) is 23.2 Å². The number of ether oxygens (including phenoxy) is 1. The Labute approximate surface area is 97.3 Å². The topological polar surface area (TPSA) is 21.3 Å². The maximum Gasteiger partial charge on any atom is 0.143 e. The predicted octanol–water partition coefficient (Wildman–Crippen LogP) is 2.79. The normalized spacial score (nSPS) is 21.7. The number of morpholine rings is 1. The van der Waals surface area contributed by atoms with E-state index in [0.717, 1.165) is 12.1 Å². The third-order valence-corrected chi connectivity index (χ3v) is 2.93. The van der Waals surface area contributed by atoms with E-state index in [1.807, 2.05) is 0 Å². The van der Waals surface area contributed by atoms with Crippen molar-refractivity contribution in [2.45, 2.75) is 6.10 Å². The van der Waals surface area contributed by atoms with Gasteiger partial charge in [-0.05, 0) is 12.1 Å². The second kappa shape index (κ2) is 4.66. The minimum absolute atomic E-state index is 0.0728. The first-order valence-corrected chi connectivity index (χ1v) is 5.41. The zero-order chi connectivity index (χ0) is 10.8. The fourth-order valence-corrected chi connectivity index (χ4v) is 1.99. The van der Waals surface area contributed by atoms with E-state index in [0.29, 0.717) is 18.2 Å². The van der Waals surface area contributed by atoms with Crippen molar-refractivity contribution in [3.63, 3.8) is 0 Å². The van der Waals surface area contributed by atoms with E-state index in [4.69, 9.17) is 27.9 Å². The van der Waals surface area contributed by atoms with Crippen molar-refractivity contribution in [1.82, 2.24) is 5.32 Å². The molecule has 1 fully saturated rings. The summed E-state index contributed by atoms with van der Waals surface area (Å²) >= 11 is 11.6. The van der Waals surface area contributed by atoms with Crippen molar-refractivity contribution >= 4 is 23.2 Å². The Hall–Kier alpha value is -0.350. The van der Waals surface area contributed by atoms with Gasteiger partial charge in [0.05, 0.1) is 17.7 Å². The van der Waals surface area contributed by atoms with Gasteiger partial charge < -0.3 is 10.1 Å². The highest BCUT2D eigenvalue weighted by molar-refractivity contribution is 6.33. The Morgan fingerprint density at radius 3 is 2.80 bits per heavy atom. The molecule has 1 aromatic carbocycles. The molecule has 5 heteroatoms. The summed E-state index contributed by atoms with van der Waals surface area (Å²) in [7, 11) is 0. The molecule has 0 saturated carbocycles. The van der Waals surface area contributed by atoms with Gasteiger partial charge in [0.2, 0.25) is 0 Å². The molecule has 0 spiro atoms. The molecule has 0 bridgehead atoms. The van der Waals surface area contributed by atoms with E-state index >= 15 is 0 Å². The van der Waals surface area contributed by atoms with Crippen LogP contribution in [0.1, 0.15) is 11.7 Å². The number of rotatable bonds is 1. The van der Waals surface area contributed by atoms with Gasteiger partial charge in [0.25, 0.3) is 0 Å². The Morgan fingerprint density at radius 1 is 1.33 bits per heavy atom. The summed E-state index contributed by atoms with van der Waals surface area (Å²) in [6.07, 6.45) is -0.149. The quantitative estimate of drug-likeness (QED) is 0.774. The van der Waals surface area contributed by atoms with Crippen LogP contribution in [0.25, 0.3) is 0 Å². The van der Waals surface area contributed by atoms with Crippen molar-refractivity contribution in [1.29, 1.82) is 0 Å². The van der Waals surface area contributed by atoms with E-state index in [-0.39, 0.29) is 11.1 Å². The van der Waals surface area contributed by atoms with Gasteiger partial charge in [-0.15, -0.1) is 0 Å². The molecular weight excluding hydrogens is 240 g/mol. The lowest BCUT2D eigenvalue weighted by Crippen LogP contribution is -2.33. The molecule has 82 valence electrons. The molecule has 1 saturated heterocycles. The second-order valence-corrected chi connectivity index (χ2v) is 4.17. The van der Waals surface area contributed by atoms with Gasteiger partial charge in [0.15, 0.2) is 0 Å². The lowest BCUT2D eigenvalue weighted by atomic mass is 10.1. The van der Waals surface area contributed by atoms with E-state index in [2.05, 4.69) is 5.32 Å². The van der Waals surface area contributed by atoms with Crippen LogP contribution < -0.4 is 5.32 Å². The highest BCUT2D eigenvalue weighted by Crippen LogP contribution is 2.30. The van der Waals surface area contributed by atoms with E-state index in [9.17, 15) is 4.39 Å². The maximum absolute atomic E-state index is 13.1. The highest BCUT2D eigenvalue weighted by atomic mass is 35.5. The standard InChI is InChI=1S/C10H10Cl2FNO/c11-7-4-9(13)8(12)3-6(7)10-5-14-1-2-15-10/h3-4,10,14H,1-2,5H2. The smallest absolute Gasteiger partial charge is 0.143 e. The molecule has 1 N–H and O–H groups in total. The van der Waals surface area contributed by atoms with E-state index < -0.39 is 5.82 Å². The molecule has 1 aromatic rings. The number of halogens is 3. The summed E-state index contributed by atoms with van der Waals surface area (Å²) in [5, 5.41) is 3.60. The largest absolute Gasteiger partial charge is 0.371 e. The zero-order valence-electron chi connectivity index (χ0n) is 7.90. The average molecular weight is 250 g/mol. The molecule has 1 atom stereocenters. The minimum atomic E-state index is -0.505. The molecule has 0 amide bonds. The number of hydrogen-bond acceptors (Lipinski definition) is 2. The monoisotopic (exact) mass is 249 g/mol. The summed E-state index contributed by atoms with van der Waals surface area (Å²) in [6, 6.07) is 2.74. The Kier molecular flexibility index (Phi) is 3.46. The summed E-state index contributed by atoms with van der Waals surface area (Å²) in [6.45, 7) is 2.11. The fourth-order valence-electron chi connectivity index (χ4n) is 1.55. The summed E-state index contributed by atoms with van der Waals surface area (Å²) in [5.41, 5.74) is 0.732. The Balaban J connectivity index is 2.30. The average Bonchev–Trinajstić information content (AvgIpc) is 2.25. The van der Waals surface area contributed by atoms with Gasteiger partial charge in [0, 0.05) is 23.7 Å². The molecule has 1 aliphatic heterocycles. The summed E-state index contributed by atoms with van der Waals surface area (Å²) in [5.74, 6) is -0.505. The molecule has 1 unspecified atom stereocenters. The van der Waals surface area contributed by atoms with Gasteiger partial charge in [-0.3, -0.25) is 0 Å². The molecule has 15 heavy (non-hydrogen) atoms. The lowest BCUT2D eigenvalue weighted by molar-refractivity contribution is 0.0277. The minimum Gasteiger partial charge on any atom is -0.371 e. The van der Waals surface area contributed by atoms with Crippen LogP contribution in [0.3, 0.4) is 0 Å². The van der Waals surface area contributed by atoms with Crippen LogP contribution in [0.2, 0.25) is 10.0 Å². The predicted molar refractivity (Wildman–Crippen MR) is 58.0 cm³/mol. The first kappa shape index (κ1) is 11.1. The molecule has 1 heterocycles. The molecule has 0 aliphatic carbocycles. The molecule has 0 aromatic heterocycles. The molecule has 0 radical (unpaired) electrons. The summed E-state index contributed by atoms with van der Waals surface area (Å²) < 4.78 is 18.6. The Bertz CT molecular complexity index is 367. The molecule has 2 rings (SSSR count). The van der Waals surface area contributed by atoms with Gasteiger partial charge >= 0.3 is 0 Å². The fraction of sp³-hybridized carbons (Fsp3) is 0.400. The van der Waals surface area contributed by atoms with Gasteiger partial charge in [0.1, 0.15) is 5.82 Å². The van der Waals surface area contributed by atoms with Crippen LogP contribution in [-0.2, 0) is 4.74 Å². The van der Waals surface area contributed by atoms with E-state index in [1.54, 1.807) is 0 Å². The van der Waals surface area contributed by atoms with Gasteiger partial charge in [-0.25, -0.2) is 4.39 Å². The number of nitrogens with one attached hydrogen (secondary N) is 1. The summed E-state index contributed by atoms with van der Waals surface area (Å²) in [4.78, 5) is 0. The van der Waals surface area contributed by atoms with Crippen LogP contribution in [-0.4, -0.2) is 19.7 Å². The maximum atomic E-state index is 13.1. The first-order chi connectivity index (χ1) is 7.18. The molecule has 2 nitrogen and oxygen atoms in total. The van der Waals surface area contributed by atoms with Crippen LogP contribution >= 0.6 is 23.2 Å². The number of hydrogen-bond donors (Lipinski definition) is 1. The van der Waals surface area contributed by atoms with Crippen LogP contribution in [0.15, 0.2) is 12.1 Å². The zero-order valence-corrected chi connectivity index (χ0v) is 9.41. The molecular formula is C10H10Cl2FNO. The SMILES string of the molecule is Fc1cc(Cl)c(C2CNCCO2)cc1Cl. The van der Waals surface area contributed by atoms with Crippen molar-refractivity contribution in [2.75, 3.05) is 19.7 Å². The van der Waals surface area contributed by atoms with Crippen molar-refractivity contribution in [3.8, 4) is 0 Å². The van der Waals surface area contributed by atoms with Crippen LogP contribution in [0.5, 0.6) is 0 Å². The van der Waals surface area contributed by atoms with Gasteiger partial charge in [-0.2, -0.15) is 0 Å². The molecule has 1 aliphatic rings. The van der Waals surface area contributed by atoms with Crippen LogP contribution in [0.4, 0.5) is 4.39 Å². The van der Waals surface area contributed by atoms with Crippen molar-refractivity contribution in [3.05, 3.63) is 33.6 Å². The number of benzene rings is 1. The van der Waals surface area contributed by atoms with E-state index in [1.165, 1.54) is 12.1 Å². The Morgan fingerprint density at radius 2 is 2.13 bits per heavy atom. The lowest BCUT2D eigenvalue weighted by Gasteiger charge is -2.24. The highest BCUT2D eigenvalue weighted by Gasteiger charge is 2.19. The third kappa shape index (κ3) is 2.42. The van der Waals surface area contributed by atoms with Crippen LogP contribution in [0, 0.1) is 5.82 Å². The first-order valence-electron chi connectivity index (χ1n) is 4.65. The van der Waals surface area contributed by atoms with Crippen molar-refractivity contribution < 1.29 is 9.13 Å². The third-order valence-electron chi connectivity index (χ3n) is 2.31. The second-order valence-electron chi connectivity index (χ2n) is 3.35. The van der Waals surface area contributed by atoms with Crippen molar-refractivity contribution in [2.24, 2.45) is 0 Å².